The number of allylic oxidation sites excluding steroid dienone is 2. The fourth-order valence-electron chi connectivity index (χ4n) is 3.68. The number of thiophene rings is 1. The van der Waals surface area contributed by atoms with E-state index in [9.17, 15) is 4.79 Å². The van der Waals surface area contributed by atoms with Crippen molar-refractivity contribution in [3.05, 3.63) is 77.2 Å². The third kappa shape index (κ3) is 3.95. The molecule has 2 aromatic carbocycles. The Balaban J connectivity index is 1.42. The SMILES string of the molecule is O=CC(=CC1CCN(Cc2ccccc2)CC1)c1cc2ccccc2s1. The van der Waals surface area contributed by atoms with Gasteiger partial charge in [0.1, 0.15) is 0 Å². The highest BCUT2D eigenvalue weighted by Gasteiger charge is 2.19. The number of hydrogen-bond donors (Lipinski definition) is 0. The molecule has 0 unspecified atom stereocenters. The van der Waals surface area contributed by atoms with E-state index in [1.807, 2.05) is 6.07 Å². The normalized spacial score (nSPS) is 16.8. The van der Waals surface area contributed by atoms with Crippen LogP contribution >= 0.6 is 11.3 Å². The van der Waals surface area contributed by atoms with Crippen molar-refractivity contribution in [3.63, 3.8) is 0 Å². The lowest BCUT2D eigenvalue weighted by atomic mass is 9.94. The summed E-state index contributed by atoms with van der Waals surface area (Å²) in [6.45, 7) is 3.21. The van der Waals surface area contributed by atoms with Gasteiger partial charge in [-0.2, -0.15) is 0 Å². The summed E-state index contributed by atoms with van der Waals surface area (Å²) in [4.78, 5) is 15.3. The molecule has 1 aliphatic heterocycles. The minimum Gasteiger partial charge on any atom is -0.299 e. The summed E-state index contributed by atoms with van der Waals surface area (Å²) in [5.41, 5.74) is 2.23. The van der Waals surface area contributed by atoms with Gasteiger partial charge < -0.3 is 0 Å². The Morgan fingerprint density at radius 1 is 1.04 bits per heavy atom. The molecule has 2 heterocycles. The van der Waals surface area contributed by atoms with Crippen LogP contribution < -0.4 is 0 Å². The minimum absolute atomic E-state index is 0.493. The number of carbonyl (C=O) groups excluding carboxylic acids is 1. The van der Waals surface area contributed by atoms with Gasteiger partial charge in [-0.25, -0.2) is 0 Å². The fraction of sp³-hybridized carbons (Fsp3) is 0.261. The zero-order valence-electron chi connectivity index (χ0n) is 14.8. The van der Waals surface area contributed by atoms with Crippen LogP contribution in [0.3, 0.4) is 0 Å². The molecule has 1 aliphatic rings. The standard InChI is InChI=1S/C23H23NOS/c25-17-21(23-15-20-8-4-5-9-22(20)26-23)14-18-10-12-24(13-11-18)16-19-6-2-1-3-7-19/h1-9,14-15,17-18H,10-13,16H2. The van der Waals surface area contributed by atoms with E-state index in [0.717, 1.165) is 49.2 Å². The van der Waals surface area contributed by atoms with Crippen LogP contribution in [0.2, 0.25) is 0 Å². The van der Waals surface area contributed by atoms with E-state index in [0.29, 0.717) is 5.92 Å². The van der Waals surface area contributed by atoms with Crippen LogP contribution in [-0.2, 0) is 11.3 Å². The van der Waals surface area contributed by atoms with Crippen molar-refractivity contribution in [1.29, 1.82) is 0 Å². The molecule has 1 saturated heterocycles. The molecule has 0 atom stereocenters. The number of nitrogens with zero attached hydrogens (tertiary/aromatic N) is 1. The molecule has 4 rings (SSSR count). The van der Waals surface area contributed by atoms with Gasteiger partial charge in [-0.15, -0.1) is 11.3 Å². The lowest BCUT2D eigenvalue weighted by molar-refractivity contribution is -0.103. The number of hydrogen-bond acceptors (Lipinski definition) is 3. The average molecular weight is 362 g/mol. The topological polar surface area (TPSA) is 20.3 Å². The van der Waals surface area contributed by atoms with Crippen LogP contribution in [0.4, 0.5) is 0 Å². The summed E-state index contributed by atoms with van der Waals surface area (Å²) in [5.74, 6) is 0.493. The summed E-state index contributed by atoms with van der Waals surface area (Å²) < 4.78 is 1.24. The molecule has 1 aromatic heterocycles. The Hall–Kier alpha value is -2.23. The first-order valence-corrected chi connectivity index (χ1v) is 10.1. The molecule has 3 heteroatoms. The molecule has 0 amide bonds. The van der Waals surface area contributed by atoms with E-state index < -0.39 is 0 Å². The smallest absolute Gasteiger partial charge is 0.151 e. The highest BCUT2D eigenvalue weighted by atomic mass is 32.1. The molecule has 0 radical (unpaired) electrons. The minimum atomic E-state index is 0.493. The molecule has 0 spiro atoms. The monoisotopic (exact) mass is 361 g/mol. The number of carbonyl (C=O) groups is 1. The summed E-state index contributed by atoms with van der Waals surface area (Å²) in [6, 6.07) is 21.1. The molecule has 26 heavy (non-hydrogen) atoms. The van der Waals surface area contributed by atoms with E-state index in [1.165, 1.54) is 15.6 Å². The third-order valence-corrected chi connectivity index (χ3v) is 6.30. The van der Waals surface area contributed by atoms with Crippen molar-refractivity contribution in [1.82, 2.24) is 4.90 Å². The molecule has 0 bridgehead atoms. The van der Waals surface area contributed by atoms with Crippen molar-refractivity contribution in [2.75, 3.05) is 13.1 Å². The second kappa shape index (κ2) is 7.98. The van der Waals surface area contributed by atoms with E-state index in [-0.39, 0.29) is 0 Å². The molecule has 3 aromatic rings. The maximum absolute atomic E-state index is 11.7. The van der Waals surface area contributed by atoms with E-state index in [4.69, 9.17) is 0 Å². The van der Waals surface area contributed by atoms with Crippen molar-refractivity contribution in [3.8, 4) is 0 Å². The summed E-state index contributed by atoms with van der Waals surface area (Å²) in [5, 5.41) is 1.22. The fourth-order valence-corrected chi connectivity index (χ4v) is 4.73. The van der Waals surface area contributed by atoms with Crippen molar-refractivity contribution in [2.45, 2.75) is 19.4 Å². The molecule has 1 fully saturated rings. The Kier molecular flexibility index (Phi) is 5.28. The van der Waals surface area contributed by atoms with Crippen LogP contribution in [-0.4, -0.2) is 24.3 Å². The van der Waals surface area contributed by atoms with Gasteiger partial charge >= 0.3 is 0 Å². The molecule has 132 valence electrons. The highest BCUT2D eigenvalue weighted by molar-refractivity contribution is 7.20. The number of rotatable bonds is 5. The first-order chi connectivity index (χ1) is 12.8. The van der Waals surface area contributed by atoms with Gasteiger partial charge in [0.05, 0.1) is 0 Å². The largest absolute Gasteiger partial charge is 0.299 e. The predicted molar refractivity (Wildman–Crippen MR) is 110 cm³/mol. The Bertz CT molecular complexity index is 871. The van der Waals surface area contributed by atoms with Crippen LogP contribution in [0, 0.1) is 5.92 Å². The molecule has 2 nitrogen and oxygen atoms in total. The lowest BCUT2D eigenvalue weighted by Crippen LogP contribution is -2.32. The van der Waals surface area contributed by atoms with Gasteiger partial charge in [0, 0.05) is 21.7 Å². The lowest BCUT2D eigenvalue weighted by Gasteiger charge is -2.30. The molecule has 0 N–H and O–H groups in total. The average Bonchev–Trinajstić information content (AvgIpc) is 3.12. The van der Waals surface area contributed by atoms with Gasteiger partial charge in [0.15, 0.2) is 6.29 Å². The van der Waals surface area contributed by atoms with Gasteiger partial charge in [-0.3, -0.25) is 9.69 Å². The Morgan fingerprint density at radius 2 is 1.77 bits per heavy atom. The molecular formula is C23H23NOS. The van der Waals surface area contributed by atoms with Crippen molar-refractivity contribution in [2.24, 2.45) is 5.92 Å². The van der Waals surface area contributed by atoms with Crippen LogP contribution in [0.5, 0.6) is 0 Å². The molecular weight excluding hydrogens is 338 g/mol. The maximum atomic E-state index is 11.7. The number of fused-ring (bicyclic) bond motifs is 1. The van der Waals surface area contributed by atoms with E-state index >= 15 is 0 Å². The zero-order chi connectivity index (χ0) is 17.8. The zero-order valence-corrected chi connectivity index (χ0v) is 15.6. The summed E-state index contributed by atoms with van der Waals surface area (Å²) in [7, 11) is 0. The quantitative estimate of drug-likeness (QED) is 0.448. The van der Waals surface area contributed by atoms with Crippen molar-refractivity contribution < 1.29 is 4.79 Å². The number of aldehydes is 1. The second-order valence-electron chi connectivity index (χ2n) is 6.99. The molecule has 0 saturated carbocycles. The van der Waals surface area contributed by atoms with Crippen molar-refractivity contribution >= 4 is 33.3 Å². The van der Waals surface area contributed by atoms with Gasteiger partial charge in [0.2, 0.25) is 0 Å². The highest BCUT2D eigenvalue weighted by Crippen LogP contribution is 2.31. The van der Waals surface area contributed by atoms with Crippen LogP contribution in [0.15, 0.2) is 66.7 Å². The van der Waals surface area contributed by atoms with Gasteiger partial charge in [-0.1, -0.05) is 54.6 Å². The number of likely N-dealkylation sites (tertiary alicyclic amines) is 1. The maximum Gasteiger partial charge on any atom is 0.151 e. The first-order valence-electron chi connectivity index (χ1n) is 9.24. The number of benzene rings is 2. The van der Waals surface area contributed by atoms with E-state index in [1.54, 1.807) is 11.3 Å². The first kappa shape index (κ1) is 17.2. The summed E-state index contributed by atoms with van der Waals surface area (Å²) in [6.07, 6.45) is 5.47. The van der Waals surface area contributed by atoms with Gasteiger partial charge in [0.25, 0.3) is 0 Å². The van der Waals surface area contributed by atoms with Crippen LogP contribution in [0.25, 0.3) is 15.7 Å². The number of piperidine rings is 1. The van der Waals surface area contributed by atoms with Crippen LogP contribution in [0.1, 0.15) is 23.3 Å². The second-order valence-corrected chi connectivity index (χ2v) is 8.07. The Labute approximate surface area is 158 Å². The van der Waals surface area contributed by atoms with E-state index in [2.05, 4.69) is 65.6 Å². The Morgan fingerprint density at radius 3 is 2.50 bits per heavy atom. The third-order valence-electron chi connectivity index (χ3n) is 5.13. The molecule has 0 aliphatic carbocycles. The summed E-state index contributed by atoms with van der Waals surface area (Å²) >= 11 is 1.71. The predicted octanol–water partition coefficient (Wildman–Crippen LogP) is 5.40. The van der Waals surface area contributed by atoms with Gasteiger partial charge in [-0.05, 0) is 54.9 Å².